The molecule has 17 heavy (non-hydrogen) atoms. The minimum absolute atomic E-state index is 0.160. The van der Waals surface area contributed by atoms with Crippen molar-refractivity contribution in [3.8, 4) is 0 Å². The van der Waals surface area contributed by atoms with Gasteiger partial charge in [0.1, 0.15) is 0 Å². The molecule has 0 bridgehead atoms. The first-order valence-corrected chi connectivity index (χ1v) is 6.07. The Morgan fingerprint density at radius 1 is 1.41 bits per heavy atom. The molecule has 0 radical (unpaired) electrons. The Morgan fingerprint density at radius 3 is 3.06 bits per heavy atom. The van der Waals surface area contributed by atoms with Crippen molar-refractivity contribution in [3.63, 3.8) is 0 Å². The average Bonchev–Trinajstić information content (AvgIpc) is 2.74. The van der Waals surface area contributed by atoms with Gasteiger partial charge in [-0.2, -0.15) is 0 Å². The lowest BCUT2D eigenvalue weighted by molar-refractivity contribution is 0.0753. The number of nitrogens with zero attached hydrogens (tertiary/aromatic N) is 1. The molecule has 1 atom stereocenters. The minimum Gasteiger partial charge on any atom is -0.382 e. The molecule has 0 aromatic heterocycles. The zero-order valence-electron chi connectivity index (χ0n) is 9.94. The van der Waals surface area contributed by atoms with Crippen LogP contribution in [0.1, 0.15) is 23.7 Å². The maximum atomic E-state index is 12.4. The van der Waals surface area contributed by atoms with Crippen molar-refractivity contribution in [2.75, 3.05) is 18.4 Å². The van der Waals surface area contributed by atoms with E-state index in [0.717, 1.165) is 30.8 Å². The third-order valence-corrected chi connectivity index (χ3v) is 3.67. The van der Waals surface area contributed by atoms with Gasteiger partial charge in [-0.1, -0.05) is 23.8 Å². The van der Waals surface area contributed by atoms with Crippen LogP contribution < -0.4 is 5.32 Å². The molecule has 3 heteroatoms. The van der Waals surface area contributed by atoms with Crippen molar-refractivity contribution in [1.82, 2.24) is 4.90 Å². The summed E-state index contributed by atoms with van der Waals surface area (Å²) in [6.45, 7) is 3.68. The molecule has 3 nitrogen and oxygen atoms in total. The van der Waals surface area contributed by atoms with Gasteiger partial charge < -0.3 is 10.2 Å². The van der Waals surface area contributed by atoms with E-state index in [4.69, 9.17) is 0 Å². The number of hydrogen-bond donors (Lipinski definition) is 1. The summed E-state index contributed by atoms with van der Waals surface area (Å²) in [5.74, 6) is 0.160. The predicted molar refractivity (Wildman–Crippen MR) is 68.1 cm³/mol. The summed E-state index contributed by atoms with van der Waals surface area (Å²) in [5.41, 5.74) is 3.13. The van der Waals surface area contributed by atoms with Gasteiger partial charge in [-0.3, -0.25) is 4.79 Å². The molecule has 0 saturated carbocycles. The Balaban J connectivity index is 1.99. The highest BCUT2D eigenvalue weighted by Gasteiger charge is 2.34. The third-order valence-electron chi connectivity index (χ3n) is 3.67. The van der Waals surface area contributed by atoms with Crippen LogP contribution in [0.4, 0.5) is 5.69 Å². The minimum atomic E-state index is 0.160. The maximum absolute atomic E-state index is 12.4. The number of fused-ring (bicyclic) bond motifs is 2. The monoisotopic (exact) mass is 228 g/mol. The first kappa shape index (κ1) is 10.4. The van der Waals surface area contributed by atoms with E-state index in [1.165, 1.54) is 5.57 Å². The molecule has 1 fully saturated rings. The lowest BCUT2D eigenvalue weighted by Crippen LogP contribution is -2.36. The zero-order chi connectivity index (χ0) is 11.8. The quantitative estimate of drug-likeness (QED) is 0.691. The van der Waals surface area contributed by atoms with Crippen LogP contribution in [0.15, 0.2) is 35.9 Å². The number of para-hydroxylation sites is 1. The average molecular weight is 228 g/mol. The van der Waals surface area contributed by atoms with Crippen LogP contribution in [-0.2, 0) is 0 Å². The Hall–Kier alpha value is -1.77. The summed E-state index contributed by atoms with van der Waals surface area (Å²) >= 11 is 0. The second-order valence-electron chi connectivity index (χ2n) is 4.66. The largest absolute Gasteiger partial charge is 0.382 e. The topological polar surface area (TPSA) is 32.3 Å². The van der Waals surface area contributed by atoms with E-state index in [1.807, 2.05) is 36.1 Å². The Kier molecular flexibility index (Phi) is 2.39. The van der Waals surface area contributed by atoms with Gasteiger partial charge in [0, 0.05) is 18.8 Å². The van der Waals surface area contributed by atoms with Gasteiger partial charge in [0.25, 0.3) is 5.91 Å². The highest BCUT2D eigenvalue weighted by Crippen LogP contribution is 2.29. The summed E-state index contributed by atoms with van der Waals surface area (Å²) in [7, 11) is 0. The molecular weight excluding hydrogens is 212 g/mol. The first-order chi connectivity index (χ1) is 8.29. The van der Waals surface area contributed by atoms with Gasteiger partial charge in [0.15, 0.2) is 0 Å². The van der Waals surface area contributed by atoms with Crippen molar-refractivity contribution >= 4 is 11.6 Å². The van der Waals surface area contributed by atoms with E-state index in [1.54, 1.807) is 0 Å². The van der Waals surface area contributed by atoms with Crippen LogP contribution in [-0.4, -0.2) is 29.9 Å². The zero-order valence-corrected chi connectivity index (χ0v) is 9.94. The number of nitrogens with one attached hydrogen (secondary N) is 1. The van der Waals surface area contributed by atoms with Crippen LogP contribution >= 0.6 is 0 Å². The number of allylic oxidation sites excluding steroid dienone is 1. The normalized spacial score (nSPS) is 25.2. The Labute approximate surface area is 101 Å². The van der Waals surface area contributed by atoms with E-state index >= 15 is 0 Å². The van der Waals surface area contributed by atoms with Gasteiger partial charge in [-0.25, -0.2) is 0 Å². The van der Waals surface area contributed by atoms with Crippen molar-refractivity contribution < 1.29 is 4.79 Å². The number of benzene rings is 1. The number of rotatable bonds is 0. The fourth-order valence-electron chi connectivity index (χ4n) is 2.66. The number of anilines is 1. The standard InChI is InChI=1S/C14H16N2O/c1-2-10-7-11-8-15-13-6-4-3-5-12(13)14(17)16(11)9-10/h2-6,11,15H,7-9H2,1H3/b10-2+/t11-/m0/s1. The van der Waals surface area contributed by atoms with Gasteiger partial charge in [-0.15, -0.1) is 0 Å². The molecular formula is C14H16N2O. The molecule has 0 aliphatic carbocycles. The van der Waals surface area contributed by atoms with E-state index < -0.39 is 0 Å². The molecule has 3 rings (SSSR count). The van der Waals surface area contributed by atoms with Crippen LogP contribution in [0, 0.1) is 0 Å². The first-order valence-electron chi connectivity index (χ1n) is 6.07. The smallest absolute Gasteiger partial charge is 0.256 e. The van der Waals surface area contributed by atoms with Crippen molar-refractivity contribution in [2.45, 2.75) is 19.4 Å². The fourth-order valence-corrected chi connectivity index (χ4v) is 2.66. The highest BCUT2D eigenvalue weighted by atomic mass is 16.2. The van der Waals surface area contributed by atoms with Gasteiger partial charge in [-0.05, 0) is 25.5 Å². The summed E-state index contributed by atoms with van der Waals surface area (Å²) in [6.07, 6.45) is 3.14. The summed E-state index contributed by atoms with van der Waals surface area (Å²) in [5, 5.41) is 3.38. The van der Waals surface area contributed by atoms with Crippen LogP contribution in [0.5, 0.6) is 0 Å². The SMILES string of the molecule is C/C=C1\C[C@H]2CNc3ccccc3C(=O)N2C1. The predicted octanol–water partition coefficient (Wildman–Crippen LogP) is 2.27. The second kappa shape index (κ2) is 3.91. The summed E-state index contributed by atoms with van der Waals surface area (Å²) in [4.78, 5) is 14.4. The van der Waals surface area contributed by atoms with E-state index in [2.05, 4.69) is 11.4 Å². The molecule has 1 N–H and O–H groups in total. The van der Waals surface area contributed by atoms with Crippen LogP contribution in [0.3, 0.4) is 0 Å². The molecule has 1 aromatic rings. The van der Waals surface area contributed by atoms with Crippen LogP contribution in [0.25, 0.3) is 0 Å². The third kappa shape index (κ3) is 1.62. The van der Waals surface area contributed by atoms with Crippen LogP contribution in [0.2, 0.25) is 0 Å². The lowest BCUT2D eigenvalue weighted by Gasteiger charge is -2.20. The second-order valence-corrected chi connectivity index (χ2v) is 4.66. The summed E-state index contributed by atoms with van der Waals surface area (Å²) < 4.78 is 0. The fraction of sp³-hybridized carbons (Fsp3) is 0.357. The van der Waals surface area contributed by atoms with E-state index in [-0.39, 0.29) is 5.91 Å². The van der Waals surface area contributed by atoms with Crippen molar-refractivity contribution in [3.05, 3.63) is 41.5 Å². The summed E-state index contributed by atoms with van der Waals surface area (Å²) in [6, 6.07) is 8.08. The van der Waals surface area contributed by atoms with E-state index in [0.29, 0.717) is 6.04 Å². The molecule has 0 spiro atoms. The molecule has 2 aliphatic heterocycles. The van der Waals surface area contributed by atoms with E-state index in [9.17, 15) is 4.79 Å². The molecule has 2 heterocycles. The molecule has 1 amide bonds. The van der Waals surface area contributed by atoms with Gasteiger partial charge in [0.05, 0.1) is 11.6 Å². The number of hydrogen-bond acceptors (Lipinski definition) is 2. The number of carbonyl (C=O) groups is 1. The maximum Gasteiger partial charge on any atom is 0.256 e. The van der Waals surface area contributed by atoms with Crippen molar-refractivity contribution in [2.24, 2.45) is 0 Å². The number of carbonyl (C=O) groups excluding carboxylic acids is 1. The molecule has 1 saturated heterocycles. The lowest BCUT2D eigenvalue weighted by atomic mass is 10.1. The molecule has 1 aromatic carbocycles. The van der Waals surface area contributed by atoms with Gasteiger partial charge >= 0.3 is 0 Å². The number of amides is 1. The molecule has 0 unspecified atom stereocenters. The van der Waals surface area contributed by atoms with Crippen molar-refractivity contribution in [1.29, 1.82) is 0 Å². The van der Waals surface area contributed by atoms with Gasteiger partial charge in [0.2, 0.25) is 0 Å². The molecule has 88 valence electrons. The Bertz CT molecular complexity index is 493. The molecule has 2 aliphatic rings. The Morgan fingerprint density at radius 2 is 2.24 bits per heavy atom. The highest BCUT2D eigenvalue weighted by molar-refractivity contribution is 6.00.